The molecule has 0 aliphatic carbocycles. The van der Waals surface area contributed by atoms with Gasteiger partial charge in [0.1, 0.15) is 16.5 Å². The number of aryl methyl sites for hydroxylation is 2. The van der Waals surface area contributed by atoms with E-state index >= 15 is 0 Å². The van der Waals surface area contributed by atoms with Crippen LogP contribution < -0.4 is 10.9 Å². The van der Waals surface area contributed by atoms with E-state index in [0.717, 1.165) is 22.6 Å². The highest BCUT2D eigenvalue weighted by atomic mass is 32.2. The van der Waals surface area contributed by atoms with E-state index in [-0.39, 0.29) is 5.69 Å². The number of H-pyrrole nitrogens is 1. The molecule has 3 aromatic heterocycles. The highest BCUT2D eigenvalue weighted by Gasteiger charge is 2.17. The molecule has 0 saturated carbocycles. The maximum Gasteiger partial charge on any atom is 0.287 e. The minimum Gasteiger partial charge on any atom is -0.361 e. The first kappa shape index (κ1) is 21.3. The van der Waals surface area contributed by atoms with Crippen molar-refractivity contribution in [1.82, 2.24) is 31.2 Å². The first-order valence-corrected chi connectivity index (χ1v) is 10.7. The summed E-state index contributed by atoms with van der Waals surface area (Å²) in [5.74, 6) is 0.303. The fraction of sp³-hybridized carbons (Fsp3) is 0.136. The van der Waals surface area contributed by atoms with Crippen LogP contribution >= 0.6 is 11.8 Å². The zero-order valence-electron chi connectivity index (χ0n) is 17.4. The number of nitrogens with one attached hydrogen (secondary N) is 3. The van der Waals surface area contributed by atoms with Crippen LogP contribution in [0.4, 0.5) is 0 Å². The van der Waals surface area contributed by atoms with E-state index in [0.29, 0.717) is 22.0 Å². The number of aromatic amines is 1. The monoisotopic (exact) mass is 448 g/mol. The predicted molar refractivity (Wildman–Crippen MR) is 119 cm³/mol. The predicted octanol–water partition coefficient (Wildman–Crippen LogP) is 3.44. The normalized spacial score (nSPS) is 10.7. The van der Waals surface area contributed by atoms with Gasteiger partial charge in [0.05, 0.1) is 17.0 Å². The highest BCUT2D eigenvalue weighted by Crippen LogP contribution is 2.27. The van der Waals surface area contributed by atoms with Crippen molar-refractivity contribution < 1.29 is 14.1 Å². The molecule has 0 aliphatic rings. The molecule has 9 nitrogen and oxygen atoms in total. The molecule has 10 heteroatoms. The molecule has 0 atom stereocenters. The van der Waals surface area contributed by atoms with Gasteiger partial charge in [0, 0.05) is 23.1 Å². The summed E-state index contributed by atoms with van der Waals surface area (Å²) >= 11 is 1.39. The fourth-order valence-electron chi connectivity index (χ4n) is 2.97. The molecular formula is C22H20N6O3S. The number of pyridine rings is 1. The maximum atomic E-state index is 12.7. The van der Waals surface area contributed by atoms with Gasteiger partial charge in [0.25, 0.3) is 11.8 Å². The topological polar surface area (TPSA) is 126 Å². The Morgan fingerprint density at radius 2 is 1.84 bits per heavy atom. The minimum atomic E-state index is -0.512. The van der Waals surface area contributed by atoms with Crippen molar-refractivity contribution in [2.75, 3.05) is 0 Å². The lowest BCUT2D eigenvalue weighted by molar-refractivity contribution is 0.0842. The zero-order valence-corrected chi connectivity index (χ0v) is 18.2. The molecule has 0 unspecified atom stereocenters. The molecule has 0 radical (unpaired) electrons. The van der Waals surface area contributed by atoms with Crippen LogP contribution in [0, 0.1) is 13.8 Å². The van der Waals surface area contributed by atoms with Crippen LogP contribution in [0.25, 0.3) is 11.3 Å². The highest BCUT2D eigenvalue weighted by molar-refractivity contribution is 7.98. The first-order chi connectivity index (χ1) is 15.5. The van der Waals surface area contributed by atoms with Gasteiger partial charge in [-0.15, -0.1) is 11.8 Å². The van der Waals surface area contributed by atoms with E-state index in [4.69, 9.17) is 4.52 Å². The van der Waals surface area contributed by atoms with E-state index in [2.05, 4.69) is 31.2 Å². The third-order valence-corrected chi connectivity index (χ3v) is 5.76. The van der Waals surface area contributed by atoms with Crippen molar-refractivity contribution >= 4 is 23.6 Å². The van der Waals surface area contributed by atoms with Crippen molar-refractivity contribution in [3.8, 4) is 11.3 Å². The second-order valence-corrected chi connectivity index (χ2v) is 7.85. The first-order valence-electron chi connectivity index (χ1n) is 9.74. The largest absolute Gasteiger partial charge is 0.361 e. The van der Waals surface area contributed by atoms with E-state index in [1.54, 1.807) is 24.4 Å². The van der Waals surface area contributed by atoms with Crippen LogP contribution in [-0.4, -0.2) is 32.2 Å². The van der Waals surface area contributed by atoms with Crippen LogP contribution in [0.1, 0.15) is 37.9 Å². The van der Waals surface area contributed by atoms with Gasteiger partial charge in [0.2, 0.25) is 0 Å². The molecule has 0 saturated heterocycles. The molecule has 0 spiro atoms. The maximum absolute atomic E-state index is 12.7. The van der Waals surface area contributed by atoms with E-state index in [9.17, 15) is 9.59 Å². The number of hydrazine groups is 1. The Kier molecular flexibility index (Phi) is 6.31. The summed E-state index contributed by atoms with van der Waals surface area (Å²) in [4.78, 5) is 29.4. The number of hydrogen-bond donors (Lipinski definition) is 3. The second-order valence-electron chi connectivity index (χ2n) is 6.89. The van der Waals surface area contributed by atoms with Crippen molar-refractivity contribution in [3.63, 3.8) is 0 Å². The number of benzene rings is 1. The Morgan fingerprint density at radius 3 is 2.59 bits per heavy atom. The molecule has 0 fully saturated rings. The number of aromatic nitrogens is 4. The molecule has 1 aromatic carbocycles. The second kappa shape index (κ2) is 9.48. The summed E-state index contributed by atoms with van der Waals surface area (Å²) in [6.07, 6.45) is 1.61. The minimum absolute atomic E-state index is 0.225. The van der Waals surface area contributed by atoms with Crippen molar-refractivity contribution in [3.05, 3.63) is 83.0 Å². The molecule has 2 amide bonds. The quantitative estimate of drug-likeness (QED) is 0.305. The van der Waals surface area contributed by atoms with Gasteiger partial charge in [-0.3, -0.25) is 25.5 Å². The molecule has 162 valence electrons. The Balaban J connectivity index is 1.39. The summed E-state index contributed by atoms with van der Waals surface area (Å²) < 4.78 is 5.18. The summed E-state index contributed by atoms with van der Waals surface area (Å²) in [7, 11) is 0. The van der Waals surface area contributed by atoms with Crippen molar-refractivity contribution in [2.45, 2.75) is 24.6 Å². The Labute approximate surface area is 188 Å². The lowest BCUT2D eigenvalue weighted by atomic mass is 10.1. The molecule has 0 bridgehead atoms. The molecule has 3 heterocycles. The Bertz CT molecular complexity index is 1230. The van der Waals surface area contributed by atoms with Crippen LogP contribution in [0.5, 0.6) is 0 Å². The van der Waals surface area contributed by atoms with Crippen LogP contribution in [0.2, 0.25) is 0 Å². The number of hydrogen-bond acceptors (Lipinski definition) is 7. The van der Waals surface area contributed by atoms with Gasteiger partial charge >= 0.3 is 0 Å². The molecule has 3 N–H and O–H groups in total. The Hall–Kier alpha value is -3.92. The lowest BCUT2D eigenvalue weighted by Crippen LogP contribution is -2.42. The van der Waals surface area contributed by atoms with Gasteiger partial charge in [-0.2, -0.15) is 5.10 Å². The SMILES string of the molecule is Cc1noc(C)c1CSc1ncccc1C(=O)NNC(=O)c1cc(-c2ccccc2)n[nH]1. The number of rotatable bonds is 6. The zero-order chi connectivity index (χ0) is 22.5. The smallest absolute Gasteiger partial charge is 0.287 e. The van der Waals surface area contributed by atoms with Gasteiger partial charge in [-0.25, -0.2) is 4.98 Å². The summed E-state index contributed by atoms with van der Waals surface area (Å²) in [6, 6.07) is 14.4. The number of nitrogens with zero attached hydrogens (tertiary/aromatic N) is 3. The number of carbonyl (C=O) groups excluding carboxylic acids is 2. The van der Waals surface area contributed by atoms with Gasteiger partial charge < -0.3 is 4.52 Å². The van der Waals surface area contributed by atoms with E-state index in [1.165, 1.54) is 11.8 Å². The molecule has 32 heavy (non-hydrogen) atoms. The average molecular weight is 449 g/mol. The third-order valence-electron chi connectivity index (χ3n) is 4.73. The van der Waals surface area contributed by atoms with Gasteiger partial charge in [-0.05, 0) is 32.0 Å². The summed E-state index contributed by atoms with van der Waals surface area (Å²) in [5.41, 5.74) is 8.69. The number of carbonyl (C=O) groups is 2. The number of thioether (sulfide) groups is 1. The van der Waals surface area contributed by atoms with Crippen molar-refractivity contribution in [1.29, 1.82) is 0 Å². The number of amides is 2. The molecule has 4 aromatic rings. The average Bonchev–Trinajstić information content (AvgIpc) is 3.44. The molecular weight excluding hydrogens is 428 g/mol. The standard InChI is InChI=1S/C22H20N6O3S/c1-13-17(14(2)31-28-13)12-32-22-16(9-6-10-23-22)20(29)26-27-21(30)19-11-18(24-25-19)15-7-4-3-5-8-15/h3-11H,12H2,1-2H3,(H,24,25)(H,26,29)(H,27,30). The van der Waals surface area contributed by atoms with E-state index in [1.807, 2.05) is 44.2 Å². The summed E-state index contributed by atoms with van der Waals surface area (Å²) in [5, 5.41) is 11.3. The van der Waals surface area contributed by atoms with Crippen LogP contribution in [0.3, 0.4) is 0 Å². The molecule has 4 rings (SSSR count). The van der Waals surface area contributed by atoms with Gasteiger partial charge in [0.15, 0.2) is 0 Å². The van der Waals surface area contributed by atoms with Gasteiger partial charge in [-0.1, -0.05) is 35.5 Å². The summed E-state index contributed by atoms with van der Waals surface area (Å²) in [6.45, 7) is 3.71. The van der Waals surface area contributed by atoms with E-state index < -0.39 is 11.8 Å². The van der Waals surface area contributed by atoms with Crippen LogP contribution in [-0.2, 0) is 5.75 Å². The third kappa shape index (κ3) is 4.70. The molecule has 0 aliphatic heterocycles. The van der Waals surface area contributed by atoms with Crippen LogP contribution in [0.15, 0.2) is 64.3 Å². The van der Waals surface area contributed by atoms with Crippen molar-refractivity contribution in [2.24, 2.45) is 0 Å². The lowest BCUT2D eigenvalue weighted by Gasteiger charge is -2.09. The fourth-order valence-corrected chi connectivity index (χ4v) is 4.12. The Morgan fingerprint density at radius 1 is 1.06 bits per heavy atom.